The van der Waals surface area contributed by atoms with E-state index in [-0.39, 0.29) is 25.4 Å². The Morgan fingerprint density at radius 2 is 2.11 bits per heavy atom. The van der Waals surface area contributed by atoms with Crippen molar-refractivity contribution >= 4 is 5.97 Å². The summed E-state index contributed by atoms with van der Waals surface area (Å²) in [5, 5.41) is 17.3. The van der Waals surface area contributed by atoms with E-state index < -0.39 is 12.2 Å². The van der Waals surface area contributed by atoms with Crippen molar-refractivity contribution in [2.75, 3.05) is 19.8 Å². The smallest absolute Gasteiger partial charge is 0.335 e. The number of aromatic carboxylic acids is 1. The van der Waals surface area contributed by atoms with E-state index in [0.717, 1.165) is 0 Å². The van der Waals surface area contributed by atoms with Gasteiger partial charge in [-0.15, -0.1) is 0 Å². The van der Waals surface area contributed by atoms with Crippen LogP contribution in [0.4, 0.5) is 0 Å². The molecule has 0 saturated carbocycles. The van der Waals surface area contributed by atoms with Gasteiger partial charge in [0, 0.05) is 0 Å². The number of carbonyl (C=O) groups is 1. The van der Waals surface area contributed by atoms with Gasteiger partial charge in [-0.25, -0.2) is 4.79 Å². The van der Waals surface area contributed by atoms with Gasteiger partial charge in [-0.05, 0) is 18.2 Å². The van der Waals surface area contributed by atoms with Gasteiger partial charge in [-0.3, -0.25) is 0 Å². The van der Waals surface area contributed by atoms with Crippen molar-refractivity contribution in [1.29, 1.82) is 0 Å². The average Bonchev–Trinajstić information content (AvgIpc) is 2.45. The van der Waals surface area contributed by atoms with E-state index in [4.69, 9.17) is 25.4 Å². The maximum Gasteiger partial charge on any atom is 0.335 e. The number of carboxylic acid groups (broad SMARTS) is 1. The Morgan fingerprint density at radius 3 is 2.68 bits per heavy atom. The highest BCUT2D eigenvalue weighted by atomic mass is 16.5. The Balaban J connectivity index is 0.00000154. The molecule has 19 heavy (non-hydrogen) atoms. The molecule has 0 spiro atoms. The molecule has 1 unspecified atom stereocenters. The quantitative estimate of drug-likeness (QED) is 0.641. The van der Waals surface area contributed by atoms with Crippen molar-refractivity contribution in [3.8, 4) is 5.75 Å². The van der Waals surface area contributed by atoms with Crippen molar-refractivity contribution in [1.82, 2.24) is 0 Å². The summed E-state index contributed by atoms with van der Waals surface area (Å²) in [6.07, 6.45) is -0.657. The van der Waals surface area contributed by atoms with Crippen LogP contribution in [0, 0.1) is 0 Å². The van der Waals surface area contributed by atoms with Gasteiger partial charge in [-0.1, -0.05) is 19.9 Å². The molecule has 0 aliphatic carbocycles. The number of aliphatic hydroxyl groups excluding tert-OH is 1. The van der Waals surface area contributed by atoms with E-state index in [1.807, 2.05) is 13.8 Å². The van der Waals surface area contributed by atoms with E-state index in [2.05, 4.69) is 0 Å². The minimum atomic E-state index is -1.02. The zero-order valence-electron chi connectivity index (χ0n) is 11.2. The van der Waals surface area contributed by atoms with Crippen molar-refractivity contribution < 1.29 is 24.5 Å². The van der Waals surface area contributed by atoms with Gasteiger partial charge in [0.1, 0.15) is 18.6 Å². The number of nitrogens with two attached hydrogens (primary N) is 1. The van der Waals surface area contributed by atoms with Crippen LogP contribution in [0.1, 0.15) is 24.2 Å². The highest BCUT2D eigenvalue weighted by molar-refractivity contribution is 5.87. The highest BCUT2D eigenvalue weighted by Gasteiger charge is 2.06. The van der Waals surface area contributed by atoms with Gasteiger partial charge in [0.25, 0.3) is 0 Å². The summed E-state index contributed by atoms with van der Waals surface area (Å²) >= 11 is 0. The normalized spacial score (nSPS) is 11.2. The Labute approximate surface area is 112 Å². The molecule has 0 bridgehead atoms. The average molecular weight is 271 g/mol. The second-order valence-corrected chi connectivity index (χ2v) is 3.28. The van der Waals surface area contributed by atoms with Crippen LogP contribution < -0.4 is 10.5 Å². The summed E-state index contributed by atoms with van der Waals surface area (Å²) in [5.41, 5.74) is 5.68. The Kier molecular flexibility index (Phi) is 9.42. The number of ether oxygens (including phenoxy) is 2. The van der Waals surface area contributed by atoms with Crippen LogP contribution in [0.3, 0.4) is 0 Å². The zero-order chi connectivity index (χ0) is 14.7. The first kappa shape index (κ1) is 17.4. The van der Waals surface area contributed by atoms with Crippen molar-refractivity contribution in [2.45, 2.75) is 20.1 Å². The fourth-order valence-corrected chi connectivity index (χ4v) is 1.15. The summed E-state index contributed by atoms with van der Waals surface area (Å²) in [7, 11) is 0. The fraction of sp³-hybridized carbons (Fsp3) is 0.462. The van der Waals surface area contributed by atoms with E-state index >= 15 is 0 Å². The number of hydrogen-bond acceptors (Lipinski definition) is 5. The lowest BCUT2D eigenvalue weighted by atomic mass is 10.2. The lowest BCUT2D eigenvalue weighted by Gasteiger charge is -2.13. The van der Waals surface area contributed by atoms with Crippen LogP contribution in [-0.2, 0) is 4.74 Å². The molecule has 0 fully saturated rings. The third-order valence-electron chi connectivity index (χ3n) is 1.92. The maximum absolute atomic E-state index is 10.7. The molecule has 0 aliphatic rings. The van der Waals surface area contributed by atoms with E-state index in [1.54, 1.807) is 12.1 Å². The molecular weight excluding hydrogens is 250 g/mol. The minimum absolute atomic E-state index is 0.0864. The Morgan fingerprint density at radius 1 is 1.42 bits per heavy atom. The van der Waals surface area contributed by atoms with Crippen molar-refractivity contribution in [3.05, 3.63) is 29.8 Å². The zero-order valence-corrected chi connectivity index (χ0v) is 11.2. The third-order valence-corrected chi connectivity index (χ3v) is 1.92. The second kappa shape index (κ2) is 10.3. The summed E-state index contributed by atoms with van der Waals surface area (Å²) < 4.78 is 10.2. The molecular formula is C13H21NO5. The number of hydrogen-bond donors (Lipinski definition) is 3. The largest absolute Gasteiger partial charge is 0.489 e. The van der Waals surface area contributed by atoms with Crippen LogP contribution in [0.25, 0.3) is 0 Å². The lowest BCUT2D eigenvalue weighted by Crippen LogP contribution is -2.31. The number of benzene rings is 1. The molecule has 0 saturated heterocycles. The number of rotatable bonds is 7. The molecule has 6 heteroatoms. The molecule has 0 radical (unpaired) electrons. The lowest BCUT2D eigenvalue weighted by molar-refractivity contribution is 0.00641. The molecule has 1 aromatic carbocycles. The second-order valence-electron chi connectivity index (χ2n) is 3.28. The molecule has 108 valence electrons. The molecule has 0 amide bonds. The SMILES string of the molecule is CC.NC(COc1cccc(C(=O)O)c1)OCCO. The van der Waals surface area contributed by atoms with Crippen LogP contribution >= 0.6 is 0 Å². The Bertz CT molecular complexity index is 370. The molecule has 1 rings (SSSR count). The Hall–Kier alpha value is -1.63. The van der Waals surface area contributed by atoms with Gasteiger partial charge >= 0.3 is 5.97 Å². The highest BCUT2D eigenvalue weighted by Crippen LogP contribution is 2.13. The summed E-state index contributed by atoms with van der Waals surface area (Å²) in [6, 6.07) is 6.09. The predicted octanol–water partition coefficient (Wildman–Crippen LogP) is 1.08. The van der Waals surface area contributed by atoms with Crippen molar-refractivity contribution in [2.24, 2.45) is 5.73 Å². The molecule has 4 N–H and O–H groups in total. The van der Waals surface area contributed by atoms with Gasteiger partial charge < -0.3 is 25.4 Å². The van der Waals surface area contributed by atoms with Crippen LogP contribution in [0.15, 0.2) is 24.3 Å². The van der Waals surface area contributed by atoms with E-state index in [0.29, 0.717) is 5.75 Å². The van der Waals surface area contributed by atoms with E-state index in [9.17, 15) is 4.79 Å². The molecule has 0 aromatic heterocycles. The molecule has 6 nitrogen and oxygen atoms in total. The topological polar surface area (TPSA) is 102 Å². The van der Waals surface area contributed by atoms with Gasteiger partial charge in [0.2, 0.25) is 0 Å². The first-order valence-electron chi connectivity index (χ1n) is 6.07. The standard InChI is InChI=1S/C11H15NO5.C2H6/c12-10(16-5-4-13)7-17-9-3-1-2-8(6-9)11(14)15;1-2/h1-3,6,10,13H,4-5,7,12H2,(H,14,15);1-2H3. The first-order valence-corrected chi connectivity index (χ1v) is 6.07. The minimum Gasteiger partial charge on any atom is -0.489 e. The first-order chi connectivity index (χ1) is 9.13. The summed E-state index contributed by atoms with van der Waals surface area (Å²) in [5.74, 6) is -0.607. The fourth-order valence-electron chi connectivity index (χ4n) is 1.15. The van der Waals surface area contributed by atoms with Gasteiger partial charge in [0.05, 0.1) is 18.8 Å². The third kappa shape index (κ3) is 7.40. The van der Waals surface area contributed by atoms with Crippen LogP contribution in [0.5, 0.6) is 5.75 Å². The van der Waals surface area contributed by atoms with Crippen molar-refractivity contribution in [3.63, 3.8) is 0 Å². The summed E-state index contributed by atoms with van der Waals surface area (Å²) in [4.78, 5) is 10.7. The number of carboxylic acids is 1. The molecule has 0 aliphatic heterocycles. The maximum atomic E-state index is 10.7. The summed E-state index contributed by atoms with van der Waals surface area (Å²) in [6.45, 7) is 4.12. The molecule has 0 heterocycles. The molecule has 1 atom stereocenters. The van der Waals surface area contributed by atoms with E-state index in [1.165, 1.54) is 12.1 Å². The van der Waals surface area contributed by atoms with Crippen LogP contribution in [-0.4, -0.2) is 42.2 Å². The molecule has 1 aromatic rings. The monoisotopic (exact) mass is 271 g/mol. The van der Waals surface area contributed by atoms with Gasteiger partial charge in [-0.2, -0.15) is 0 Å². The van der Waals surface area contributed by atoms with Gasteiger partial charge in [0.15, 0.2) is 0 Å². The number of aliphatic hydroxyl groups is 1. The predicted molar refractivity (Wildman–Crippen MR) is 71.3 cm³/mol. The van der Waals surface area contributed by atoms with Crippen LogP contribution in [0.2, 0.25) is 0 Å².